The highest BCUT2D eigenvalue weighted by molar-refractivity contribution is 5.72. The minimum absolute atomic E-state index is 0.0786. The van der Waals surface area contributed by atoms with Gasteiger partial charge in [-0.25, -0.2) is 4.79 Å². The smallest absolute Gasteiger partial charge is 0.344 e. The van der Waals surface area contributed by atoms with Crippen LogP contribution in [0.25, 0.3) is 0 Å². The maximum atomic E-state index is 10.8. The van der Waals surface area contributed by atoms with Crippen LogP contribution >= 0.6 is 0 Å². The number of hydrogen-bond donors (Lipinski definition) is 1. The number of aliphatic carboxylic acids is 1. The molecule has 112 valence electrons. The molecule has 0 aromatic heterocycles. The summed E-state index contributed by atoms with van der Waals surface area (Å²) < 4.78 is 5.34. The van der Waals surface area contributed by atoms with E-state index in [2.05, 4.69) is 34.6 Å². The quantitative estimate of drug-likeness (QED) is 0.875. The van der Waals surface area contributed by atoms with Crippen LogP contribution in [0.15, 0.2) is 24.3 Å². The molecule has 0 amide bonds. The number of carboxylic acid groups (broad SMARTS) is 1. The normalized spacial score (nSPS) is 13.9. The molecule has 0 aliphatic carbocycles. The number of hydrogen-bond acceptors (Lipinski definition) is 2. The minimum atomic E-state index is -0.956. The van der Waals surface area contributed by atoms with Crippen molar-refractivity contribution in [2.24, 2.45) is 5.41 Å². The van der Waals surface area contributed by atoms with Gasteiger partial charge in [0.1, 0.15) is 5.75 Å². The molecule has 20 heavy (non-hydrogen) atoms. The Bertz CT molecular complexity index is 452. The highest BCUT2D eigenvalue weighted by atomic mass is 16.5. The van der Waals surface area contributed by atoms with Crippen LogP contribution in [0.5, 0.6) is 5.75 Å². The van der Waals surface area contributed by atoms with Gasteiger partial charge in [-0.15, -0.1) is 0 Å². The summed E-state index contributed by atoms with van der Waals surface area (Å²) in [4.78, 5) is 10.8. The maximum Gasteiger partial charge on any atom is 0.344 e. The first-order valence-electron chi connectivity index (χ1n) is 7.01. The fourth-order valence-corrected chi connectivity index (χ4v) is 2.67. The van der Waals surface area contributed by atoms with Gasteiger partial charge in [-0.05, 0) is 41.9 Å². The third kappa shape index (κ3) is 4.87. The van der Waals surface area contributed by atoms with Crippen LogP contribution in [0, 0.1) is 5.41 Å². The van der Waals surface area contributed by atoms with E-state index in [0.29, 0.717) is 5.75 Å². The van der Waals surface area contributed by atoms with Crippen molar-refractivity contribution in [3.63, 3.8) is 0 Å². The van der Waals surface area contributed by atoms with Crippen molar-refractivity contribution in [3.05, 3.63) is 29.8 Å². The molecule has 0 fully saturated rings. The fraction of sp³-hybridized carbons (Fsp3) is 0.588. The first-order chi connectivity index (χ1) is 9.01. The van der Waals surface area contributed by atoms with E-state index in [1.807, 2.05) is 24.3 Å². The molecule has 1 aromatic rings. The molecule has 0 aliphatic heterocycles. The number of carboxylic acids is 1. The second-order valence-corrected chi connectivity index (χ2v) is 7.24. The Hall–Kier alpha value is -1.51. The van der Waals surface area contributed by atoms with Crippen molar-refractivity contribution >= 4 is 5.97 Å². The van der Waals surface area contributed by atoms with Crippen LogP contribution in [0.1, 0.15) is 53.5 Å². The van der Waals surface area contributed by atoms with E-state index < -0.39 is 12.1 Å². The van der Waals surface area contributed by atoms with Crippen molar-refractivity contribution in [2.45, 2.75) is 59.5 Å². The summed E-state index contributed by atoms with van der Waals surface area (Å²) in [5, 5.41) is 8.83. The molecule has 0 spiro atoms. The van der Waals surface area contributed by atoms with Crippen LogP contribution in [-0.2, 0) is 10.2 Å². The SMILES string of the molecule is C[C@H](Oc1ccc(C(C)(C)CC(C)(C)C)cc1)C(=O)O. The van der Waals surface area contributed by atoms with E-state index in [9.17, 15) is 4.79 Å². The van der Waals surface area contributed by atoms with E-state index in [4.69, 9.17) is 9.84 Å². The van der Waals surface area contributed by atoms with Gasteiger partial charge in [0, 0.05) is 0 Å². The highest BCUT2D eigenvalue weighted by Crippen LogP contribution is 2.36. The third-order valence-corrected chi connectivity index (χ3v) is 3.27. The molecule has 0 unspecified atom stereocenters. The third-order valence-electron chi connectivity index (χ3n) is 3.27. The minimum Gasteiger partial charge on any atom is -0.479 e. The molecule has 3 heteroatoms. The van der Waals surface area contributed by atoms with Crippen LogP contribution in [-0.4, -0.2) is 17.2 Å². The van der Waals surface area contributed by atoms with Crippen LogP contribution in [0.2, 0.25) is 0 Å². The Kier molecular flexibility index (Phi) is 4.85. The molecule has 3 nitrogen and oxygen atoms in total. The molecule has 0 bridgehead atoms. The summed E-state index contributed by atoms with van der Waals surface area (Å²) >= 11 is 0. The Labute approximate surface area is 122 Å². The number of ether oxygens (including phenoxy) is 1. The fourth-order valence-electron chi connectivity index (χ4n) is 2.67. The van der Waals surface area contributed by atoms with Gasteiger partial charge in [-0.3, -0.25) is 0 Å². The van der Waals surface area contributed by atoms with E-state index in [1.165, 1.54) is 12.5 Å². The van der Waals surface area contributed by atoms with Gasteiger partial charge in [0.15, 0.2) is 6.10 Å². The predicted octanol–water partition coefficient (Wildman–Crippen LogP) is 4.25. The molecule has 1 aromatic carbocycles. The van der Waals surface area contributed by atoms with Gasteiger partial charge < -0.3 is 9.84 Å². The summed E-state index contributed by atoms with van der Waals surface area (Å²) in [5.41, 5.74) is 1.58. The zero-order chi connectivity index (χ0) is 15.6. The topological polar surface area (TPSA) is 46.5 Å². The number of carbonyl (C=O) groups is 1. The number of benzene rings is 1. The summed E-state index contributed by atoms with van der Waals surface area (Å²) in [6.45, 7) is 12.7. The van der Waals surface area contributed by atoms with Crippen molar-refractivity contribution in [2.75, 3.05) is 0 Å². The summed E-state index contributed by atoms with van der Waals surface area (Å²) in [5.74, 6) is -0.364. The van der Waals surface area contributed by atoms with Crippen molar-refractivity contribution in [1.82, 2.24) is 0 Å². The Balaban J connectivity index is 2.83. The molecule has 0 aliphatic rings. The van der Waals surface area contributed by atoms with Gasteiger partial charge >= 0.3 is 5.97 Å². The molecular formula is C17H26O3. The molecule has 1 atom stereocenters. The molecule has 1 rings (SSSR count). The van der Waals surface area contributed by atoms with Gasteiger partial charge in [-0.1, -0.05) is 46.8 Å². The van der Waals surface area contributed by atoms with Gasteiger partial charge in [-0.2, -0.15) is 0 Å². The van der Waals surface area contributed by atoms with Crippen molar-refractivity contribution < 1.29 is 14.6 Å². The first-order valence-corrected chi connectivity index (χ1v) is 7.01. The lowest BCUT2D eigenvalue weighted by Crippen LogP contribution is -2.25. The molecule has 0 saturated carbocycles. The molecule has 0 radical (unpaired) electrons. The highest BCUT2D eigenvalue weighted by Gasteiger charge is 2.27. The van der Waals surface area contributed by atoms with Crippen molar-refractivity contribution in [1.29, 1.82) is 0 Å². The summed E-state index contributed by atoms with van der Waals surface area (Å²) in [6.07, 6.45) is 0.245. The Morgan fingerprint density at radius 1 is 1.15 bits per heavy atom. The molecule has 0 saturated heterocycles. The monoisotopic (exact) mass is 278 g/mol. The average molecular weight is 278 g/mol. The second-order valence-electron chi connectivity index (χ2n) is 7.24. The van der Waals surface area contributed by atoms with Crippen LogP contribution < -0.4 is 4.74 Å². The Morgan fingerprint density at radius 3 is 2.05 bits per heavy atom. The van der Waals surface area contributed by atoms with Crippen LogP contribution in [0.3, 0.4) is 0 Å². The molecular weight excluding hydrogens is 252 g/mol. The lowest BCUT2D eigenvalue weighted by Gasteiger charge is -2.33. The van der Waals surface area contributed by atoms with Crippen LogP contribution in [0.4, 0.5) is 0 Å². The molecule has 1 N–H and O–H groups in total. The zero-order valence-corrected chi connectivity index (χ0v) is 13.4. The average Bonchev–Trinajstić information content (AvgIpc) is 2.26. The standard InChI is InChI=1S/C17H26O3/c1-12(15(18)19)20-14-9-7-13(8-10-14)17(5,6)11-16(2,3)4/h7-10,12H,11H2,1-6H3,(H,18,19)/t12-/m0/s1. The molecule has 0 heterocycles. The zero-order valence-electron chi connectivity index (χ0n) is 13.4. The van der Waals surface area contributed by atoms with Gasteiger partial charge in [0.05, 0.1) is 0 Å². The van der Waals surface area contributed by atoms with E-state index >= 15 is 0 Å². The van der Waals surface area contributed by atoms with E-state index in [1.54, 1.807) is 0 Å². The largest absolute Gasteiger partial charge is 0.479 e. The summed E-state index contributed by atoms with van der Waals surface area (Å²) in [7, 11) is 0. The van der Waals surface area contributed by atoms with E-state index in [-0.39, 0.29) is 10.8 Å². The van der Waals surface area contributed by atoms with Crippen molar-refractivity contribution in [3.8, 4) is 5.75 Å². The summed E-state index contributed by atoms with van der Waals surface area (Å²) in [6, 6.07) is 7.74. The second kappa shape index (κ2) is 5.86. The number of rotatable bonds is 5. The Morgan fingerprint density at radius 2 is 1.65 bits per heavy atom. The lowest BCUT2D eigenvalue weighted by atomic mass is 9.72. The predicted molar refractivity (Wildman–Crippen MR) is 81.3 cm³/mol. The van der Waals surface area contributed by atoms with Gasteiger partial charge in [0.25, 0.3) is 0 Å². The maximum absolute atomic E-state index is 10.8. The van der Waals surface area contributed by atoms with E-state index in [0.717, 1.165) is 6.42 Å². The first kappa shape index (κ1) is 16.5. The van der Waals surface area contributed by atoms with Gasteiger partial charge in [0.2, 0.25) is 0 Å². The lowest BCUT2D eigenvalue weighted by molar-refractivity contribution is -0.144.